The minimum atomic E-state index is -0.979. The van der Waals surface area contributed by atoms with Crippen LogP contribution in [0.1, 0.15) is 94.9 Å². The standard InChI is InChI=1S/C53H63N11O7/c54-48(66)46-47(36-6-9-40(10-7-36)71-39-4-2-1-3-5-39)57-64-43(14-21-55-49(46)64)35-17-24-59(25-18-35)37-19-26-62(27-20-37)53(70)61-22-15-34(16-23-61)33-58-28-30-60(31-29-58)38-8-11-41-42(32-38)52(69)63(51(41)68)44-12-13-45(65)56-50(44)67/h1-11,32,34-35,37,43-44,55H,12-31,33H2,(H2,54,66)(H,56,65,67)/t43-,44?/m0/s1. The van der Waals surface area contributed by atoms with Gasteiger partial charge in [-0.05, 0) is 131 Å². The highest BCUT2D eigenvalue weighted by molar-refractivity contribution is 6.23. The number of rotatable bonds is 10. The number of aromatic nitrogens is 2. The van der Waals surface area contributed by atoms with Crippen molar-refractivity contribution in [1.82, 2.24) is 39.6 Å². The fourth-order valence-corrected chi connectivity index (χ4v) is 12.3. The van der Waals surface area contributed by atoms with Crippen LogP contribution in [0, 0.1) is 11.8 Å². The van der Waals surface area contributed by atoms with Crippen molar-refractivity contribution in [2.24, 2.45) is 17.6 Å². The van der Waals surface area contributed by atoms with Crippen molar-refractivity contribution >= 4 is 47.1 Å². The Morgan fingerprint density at radius 2 is 1.38 bits per heavy atom. The number of fused-ring (bicyclic) bond motifs is 2. The van der Waals surface area contributed by atoms with Gasteiger partial charge in [-0.1, -0.05) is 18.2 Å². The van der Waals surface area contributed by atoms with E-state index in [1.807, 2.05) is 65.3 Å². The van der Waals surface area contributed by atoms with Crippen LogP contribution in [-0.4, -0.2) is 160 Å². The van der Waals surface area contributed by atoms with E-state index in [0.29, 0.717) is 51.8 Å². The van der Waals surface area contributed by atoms with Crippen LogP contribution in [0.3, 0.4) is 0 Å². The molecule has 5 saturated heterocycles. The van der Waals surface area contributed by atoms with Crippen molar-refractivity contribution in [3.63, 3.8) is 0 Å². The summed E-state index contributed by atoms with van der Waals surface area (Å²) in [5, 5.41) is 10.8. The van der Waals surface area contributed by atoms with E-state index in [2.05, 4.69) is 35.1 Å². The number of imide groups is 2. The second kappa shape index (κ2) is 19.8. The Labute approximate surface area is 413 Å². The monoisotopic (exact) mass is 965 g/mol. The zero-order valence-corrected chi connectivity index (χ0v) is 40.2. The number of ether oxygens (including phenoxy) is 1. The van der Waals surface area contributed by atoms with Gasteiger partial charge in [0.15, 0.2) is 0 Å². The number of piperazine rings is 1. The van der Waals surface area contributed by atoms with Gasteiger partial charge < -0.3 is 35.4 Å². The summed E-state index contributed by atoms with van der Waals surface area (Å²) in [7, 11) is 0. The van der Waals surface area contributed by atoms with Crippen molar-refractivity contribution in [2.75, 3.05) is 88.8 Å². The topological polar surface area (TPSA) is 199 Å². The van der Waals surface area contributed by atoms with Crippen molar-refractivity contribution in [2.45, 2.75) is 75.9 Å². The van der Waals surface area contributed by atoms with E-state index in [0.717, 1.165) is 145 Å². The molecule has 4 N–H and O–H groups in total. The zero-order valence-electron chi connectivity index (χ0n) is 40.2. The summed E-state index contributed by atoms with van der Waals surface area (Å²) in [6.07, 6.45) is 7.19. The summed E-state index contributed by atoms with van der Waals surface area (Å²) in [6, 6.07) is 22.4. The van der Waals surface area contributed by atoms with E-state index in [4.69, 9.17) is 15.6 Å². The second-order valence-corrected chi connectivity index (χ2v) is 20.4. The number of nitrogens with one attached hydrogen (secondary N) is 2. The Bertz CT molecular complexity index is 2680. The zero-order chi connectivity index (χ0) is 48.8. The van der Waals surface area contributed by atoms with Crippen LogP contribution in [0.5, 0.6) is 11.5 Å². The molecule has 11 rings (SSSR count). The number of urea groups is 1. The van der Waals surface area contributed by atoms with Gasteiger partial charge in [0.05, 0.1) is 17.2 Å². The lowest BCUT2D eigenvalue weighted by Gasteiger charge is -2.45. The van der Waals surface area contributed by atoms with Gasteiger partial charge in [0.1, 0.15) is 34.6 Å². The number of benzene rings is 3. The molecule has 0 bridgehead atoms. The number of anilines is 2. The molecule has 18 nitrogen and oxygen atoms in total. The fourth-order valence-electron chi connectivity index (χ4n) is 12.3. The van der Waals surface area contributed by atoms with Crippen LogP contribution in [-0.2, 0) is 9.59 Å². The van der Waals surface area contributed by atoms with Gasteiger partial charge in [0.25, 0.3) is 17.7 Å². The predicted octanol–water partition coefficient (Wildman–Crippen LogP) is 5.03. The Balaban J connectivity index is 0.614. The van der Waals surface area contributed by atoms with Crippen molar-refractivity contribution in [1.29, 1.82) is 0 Å². The lowest BCUT2D eigenvalue weighted by Crippen LogP contribution is -2.54. The van der Waals surface area contributed by atoms with Gasteiger partial charge in [0.2, 0.25) is 11.8 Å². The molecule has 1 aromatic heterocycles. The first-order valence-electron chi connectivity index (χ1n) is 25.7. The van der Waals surface area contributed by atoms with Crippen molar-refractivity contribution in [3.05, 3.63) is 89.5 Å². The quantitative estimate of drug-likeness (QED) is 0.180. The molecule has 0 aliphatic carbocycles. The van der Waals surface area contributed by atoms with Gasteiger partial charge in [0, 0.05) is 89.2 Å². The summed E-state index contributed by atoms with van der Waals surface area (Å²) in [6.45, 7) is 10.2. The summed E-state index contributed by atoms with van der Waals surface area (Å²) in [5.41, 5.74) is 9.33. The van der Waals surface area contributed by atoms with Gasteiger partial charge >= 0.3 is 6.03 Å². The predicted molar refractivity (Wildman–Crippen MR) is 265 cm³/mol. The van der Waals surface area contributed by atoms with Gasteiger partial charge in [-0.3, -0.25) is 39.1 Å². The number of nitrogens with two attached hydrogens (primary N) is 1. The van der Waals surface area contributed by atoms with E-state index in [9.17, 15) is 28.8 Å². The van der Waals surface area contributed by atoms with Crippen molar-refractivity contribution < 1.29 is 33.5 Å². The highest BCUT2D eigenvalue weighted by Gasteiger charge is 2.45. The molecule has 0 spiro atoms. The van der Waals surface area contributed by atoms with Gasteiger partial charge in [-0.25, -0.2) is 9.48 Å². The SMILES string of the molecule is NC(=O)c1c(-c2ccc(Oc3ccccc3)cc2)nn2c1NCC[C@H]2C1CCN(C2CCN(C(=O)N3CCC(CN4CCN(c5ccc6c(c5)C(=O)N(C5CCC(=O)NC5=O)C6=O)CC4)CC3)CC2)CC1. The molecule has 18 heteroatoms. The maximum Gasteiger partial charge on any atom is 0.319 e. The van der Waals surface area contributed by atoms with E-state index in [-0.39, 0.29) is 24.9 Å². The second-order valence-electron chi connectivity index (χ2n) is 20.4. The third-order valence-electron chi connectivity index (χ3n) is 16.2. The normalized spacial score (nSPS) is 23.1. The van der Waals surface area contributed by atoms with Crippen LogP contribution in [0.15, 0.2) is 72.8 Å². The molecule has 0 saturated carbocycles. The number of para-hydroxylation sites is 1. The highest BCUT2D eigenvalue weighted by Crippen LogP contribution is 2.41. The molecule has 5 fully saturated rings. The first-order valence-corrected chi connectivity index (χ1v) is 25.7. The minimum Gasteiger partial charge on any atom is -0.457 e. The molecular weight excluding hydrogens is 903 g/mol. The number of amides is 7. The average Bonchev–Trinajstić information content (AvgIpc) is 3.91. The highest BCUT2D eigenvalue weighted by atomic mass is 16.5. The smallest absolute Gasteiger partial charge is 0.319 e. The van der Waals surface area contributed by atoms with Crippen LogP contribution < -0.4 is 26.0 Å². The van der Waals surface area contributed by atoms with E-state index < -0.39 is 35.6 Å². The lowest BCUT2D eigenvalue weighted by atomic mass is 9.85. The summed E-state index contributed by atoms with van der Waals surface area (Å²) < 4.78 is 8.04. The van der Waals surface area contributed by atoms with E-state index in [1.165, 1.54) is 0 Å². The molecule has 7 amide bonds. The molecule has 0 radical (unpaired) electrons. The largest absolute Gasteiger partial charge is 0.457 e. The van der Waals surface area contributed by atoms with Crippen molar-refractivity contribution in [3.8, 4) is 22.8 Å². The molecule has 7 aliphatic heterocycles. The summed E-state index contributed by atoms with van der Waals surface area (Å²) in [5.74, 6) is 0.642. The average molecular weight is 966 g/mol. The van der Waals surface area contributed by atoms with Crippen LogP contribution in [0.25, 0.3) is 11.3 Å². The van der Waals surface area contributed by atoms with Gasteiger partial charge in [-0.15, -0.1) is 0 Å². The molecule has 372 valence electrons. The first kappa shape index (κ1) is 46.6. The van der Waals surface area contributed by atoms with Gasteiger partial charge in [-0.2, -0.15) is 5.10 Å². The first-order chi connectivity index (χ1) is 34.6. The number of carbonyl (C=O) groups excluding carboxylic acids is 6. The molecule has 7 aliphatic rings. The third-order valence-corrected chi connectivity index (χ3v) is 16.2. The third kappa shape index (κ3) is 9.34. The molecule has 1 unspecified atom stereocenters. The molecule has 8 heterocycles. The maximum atomic E-state index is 13.8. The molecule has 2 atom stereocenters. The molecule has 4 aromatic rings. The number of piperidine rings is 4. The van der Waals surface area contributed by atoms with E-state index in [1.54, 1.807) is 12.1 Å². The summed E-state index contributed by atoms with van der Waals surface area (Å²) in [4.78, 5) is 90.0. The van der Waals surface area contributed by atoms with Crippen LogP contribution in [0.2, 0.25) is 0 Å². The Hall–Kier alpha value is -6.79. The Kier molecular flexibility index (Phi) is 13.0. The van der Waals surface area contributed by atoms with Crippen LogP contribution >= 0.6 is 0 Å². The number of nitrogens with zero attached hydrogens (tertiary/aromatic N) is 8. The number of primary amides is 1. The summed E-state index contributed by atoms with van der Waals surface area (Å²) >= 11 is 0. The van der Waals surface area contributed by atoms with E-state index >= 15 is 0 Å². The lowest BCUT2D eigenvalue weighted by molar-refractivity contribution is -0.136. The number of likely N-dealkylation sites (tertiary alicyclic amines) is 3. The molecular formula is C53H63N11O7. The van der Waals surface area contributed by atoms with Crippen LogP contribution in [0.4, 0.5) is 16.3 Å². The maximum absolute atomic E-state index is 13.8. The molecule has 3 aromatic carbocycles. The minimum absolute atomic E-state index is 0.0884. The number of hydrogen-bond donors (Lipinski definition) is 3. The molecule has 71 heavy (non-hydrogen) atoms. The number of hydrogen-bond acceptors (Lipinski definition) is 12. The Morgan fingerprint density at radius 3 is 2.07 bits per heavy atom. The number of carbonyl (C=O) groups is 6. The Morgan fingerprint density at radius 1 is 0.704 bits per heavy atom. The fraction of sp³-hybridized carbons (Fsp3) is 0.491.